The van der Waals surface area contributed by atoms with Gasteiger partial charge >= 0.3 is 5.97 Å². The molecule has 0 aliphatic rings. The van der Waals surface area contributed by atoms with Gasteiger partial charge < -0.3 is 4.74 Å². The second kappa shape index (κ2) is 6.97. The van der Waals surface area contributed by atoms with E-state index in [2.05, 4.69) is 0 Å². The molecule has 126 valence electrons. The van der Waals surface area contributed by atoms with Crippen molar-refractivity contribution >= 4 is 21.6 Å². The number of esters is 1. The van der Waals surface area contributed by atoms with Crippen molar-refractivity contribution in [1.82, 2.24) is 0 Å². The van der Waals surface area contributed by atoms with Crippen LogP contribution in [0, 0.1) is 6.92 Å². The SMILES string of the molecule is Cc1ccc(C(=O)[C@H](C)OC(=O)c2cccc(S(C)(=O)=O)c2)cc1. The molecule has 0 aliphatic carbocycles. The third kappa shape index (κ3) is 4.29. The largest absolute Gasteiger partial charge is 0.451 e. The van der Waals surface area contributed by atoms with Crippen molar-refractivity contribution in [2.75, 3.05) is 6.26 Å². The molecule has 0 fully saturated rings. The van der Waals surface area contributed by atoms with Crippen LogP contribution in [-0.2, 0) is 14.6 Å². The number of Topliss-reactive ketones (excluding diaryl/α,β-unsaturated/α-hetero) is 1. The minimum atomic E-state index is -3.43. The van der Waals surface area contributed by atoms with Crippen LogP contribution in [0.3, 0.4) is 0 Å². The van der Waals surface area contributed by atoms with Gasteiger partial charge in [0, 0.05) is 11.8 Å². The predicted molar refractivity (Wildman–Crippen MR) is 89.9 cm³/mol. The molecule has 0 saturated carbocycles. The Morgan fingerprint density at radius 2 is 1.62 bits per heavy atom. The Bertz CT molecular complexity index is 867. The van der Waals surface area contributed by atoms with Crippen LogP contribution >= 0.6 is 0 Å². The van der Waals surface area contributed by atoms with Crippen molar-refractivity contribution < 1.29 is 22.7 Å². The van der Waals surface area contributed by atoms with Crippen LogP contribution in [0.1, 0.15) is 33.2 Å². The molecule has 0 bridgehead atoms. The van der Waals surface area contributed by atoms with E-state index in [1.807, 2.05) is 6.92 Å². The first kappa shape index (κ1) is 17.9. The van der Waals surface area contributed by atoms with Gasteiger partial charge in [-0.2, -0.15) is 0 Å². The number of hydrogen-bond acceptors (Lipinski definition) is 5. The monoisotopic (exact) mass is 346 g/mol. The molecule has 2 rings (SSSR count). The molecular weight excluding hydrogens is 328 g/mol. The minimum Gasteiger partial charge on any atom is -0.451 e. The Morgan fingerprint density at radius 1 is 1.00 bits per heavy atom. The molecule has 0 saturated heterocycles. The summed E-state index contributed by atoms with van der Waals surface area (Å²) in [5.41, 5.74) is 1.56. The van der Waals surface area contributed by atoms with Crippen LogP contribution in [-0.4, -0.2) is 32.5 Å². The summed E-state index contributed by atoms with van der Waals surface area (Å²) in [5.74, 6) is -1.06. The van der Waals surface area contributed by atoms with Gasteiger partial charge in [-0.05, 0) is 32.0 Å². The molecule has 0 aliphatic heterocycles. The summed E-state index contributed by atoms with van der Waals surface area (Å²) < 4.78 is 28.3. The van der Waals surface area contributed by atoms with Gasteiger partial charge in [0.1, 0.15) is 0 Å². The van der Waals surface area contributed by atoms with Crippen LogP contribution in [0.2, 0.25) is 0 Å². The molecule has 6 heteroatoms. The number of sulfone groups is 1. The van der Waals surface area contributed by atoms with E-state index in [1.165, 1.54) is 31.2 Å². The average Bonchev–Trinajstić information content (AvgIpc) is 2.54. The molecule has 2 aromatic rings. The minimum absolute atomic E-state index is 0.0227. The number of carbonyl (C=O) groups excluding carboxylic acids is 2. The van der Waals surface area contributed by atoms with Crippen LogP contribution in [0.25, 0.3) is 0 Å². The standard InChI is InChI=1S/C18H18O5S/c1-12-7-9-14(10-8-12)17(19)13(2)23-18(20)15-5-4-6-16(11-15)24(3,21)22/h4-11,13H,1-3H3/t13-/m0/s1. The maximum absolute atomic E-state index is 12.3. The van der Waals surface area contributed by atoms with Gasteiger partial charge in [0.25, 0.3) is 0 Å². The molecular formula is C18H18O5S. The van der Waals surface area contributed by atoms with Gasteiger partial charge in [-0.25, -0.2) is 13.2 Å². The molecule has 0 spiro atoms. The van der Waals surface area contributed by atoms with Crippen LogP contribution in [0.4, 0.5) is 0 Å². The van der Waals surface area contributed by atoms with Crippen molar-refractivity contribution in [1.29, 1.82) is 0 Å². The number of carbonyl (C=O) groups is 2. The number of aryl methyl sites for hydroxylation is 1. The second-order valence-electron chi connectivity index (χ2n) is 5.58. The van der Waals surface area contributed by atoms with Crippen molar-refractivity contribution in [3.05, 3.63) is 65.2 Å². The van der Waals surface area contributed by atoms with Crippen LogP contribution in [0.15, 0.2) is 53.4 Å². The highest BCUT2D eigenvalue weighted by Gasteiger charge is 2.21. The molecule has 0 heterocycles. The lowest BCUT2D eigenvalue weighted by Crippen LogP contribution is -2.24. The average molecular weight is 346 g/mol. The van der Waals surface area contributed by atoms with E-state index in [-0.39, 0.29) is 16.2 Å². The molecule has 0 amide bonds. The van der Waals surface area contributed by atoms with E-state index in [9.17, 15) is 18.0 Å². The van der Waals surface area contributed by atoms with Crippen molar-refractivity contribution in [3.8, 4) is 0 Å². The molecule has 1 atom stereocenters. The molecule has 0 aromatic heterocycles. The topological polar surface area (TPSA) is 77.5 Å². The first-order valence-corrected chi connectivity index (χ1v) is 9.19. The Morgan fingerprint density at radius 3 is 2.21 bits per heavy atom. The summed E-state index contributed by atoms with van der Waals surface area (Å²) in [6.07, 6.45) is 0.0863. The van der Waals surface area contributed by atoms with Gasteiger partial charge in [-0.15, -0.1) is 0 Å². The van der Waals surface area contributed by atoms with E-state index in [1.54, 1.807) is 24.3 Å². The summed E-state index contributed by atoms with van der Waals surface area (Å²) in [5, 5.41) is 0. The van der Waals surface area contributed by atoms with Crippen LogP contribution in [0.5, 0.6) is 0 Å². The number of benzene rings is 2. The van der Waals surface area contributed by atoms with Crippen LogP contribution < -0.4 is 0 Å². The van der Waals surface area contributed by atoms with Gasteiger partial charge in [-0.1, -0.05) is 35.9 Å². The van der Waals surface area contributed by atoms with Crippen molar-refractivity contribution in [2.24, 2.45) is 0 Å². The summed E-state index contributed by atoms with van der Waals surface area (Å²) in [4.78, 5) is 24.5. The summed E-state index contributed by atoms with van der Waals surface area (Å²) in [6.45, 7) is 3.40. The van der Waals surface area contributed by atoms with Gasteiger partial charge in [0.05, 0.1) is 10.5 Å². The van der Waals surface area contributed by atoms with E-state index < -0.39 is 21.9 Å². The third-order valence-corrected chi connectivity index (χ3v) is 4.60. The number of rotatable bonds is 5. The zero-order valence-electron chi connectivity index (χ0n) is 13.6. The number of hydrogen-bond donors (Lipinski definition) is 0. The fraction of sp³-hybridized carbons (Fsp3) is 0.222. The van der Waals surface area contributed by atoms with E-state index >= 15 is 0 Å². The highest BCUT2D eigenvalue weighted by atomic mass is 32.2. The molecule has 0 unspecified atom stereocenters. The maximum Gasteiger partial charge on any atom is 0.338 e. The molecule has 5 nitrogen and oxygen atoms in total. The van der Waals surface area contributed by atoms with Gasteiger partial charge in [0.15, 0.2) is 15.9 Å². The van der Waals surface area contributed by atoms with Gasteiger partial charge in [-0.3, -0.25) is 4.79 Å². The quantitative estimate of drug-likeness (QED) is 0.614. The lowest BCUT2D eigenvalue weighted by molar-refractivity contribution is 0.0318. The fourth-order valence-corrected chi connectivity index (χ4v) is 2.76. The lowest BCUT2D eigenvalue weighted by atomic mass is 10.1. The van der Waals surface area contributed by atoms with E-state index in [4.69, 9.17) is 4.74 Å². The molecule has 24 heavy (non-hydrogen) atoms. The highest BCUT2D eigenvalue weighted by molar-refractivity contribution is 7.90. The second-order valence-corrected chi connectivity index (χ2v) is 7.59. The Labute approximate surface area is 141 Å². The highest BCUT2D eigenvalue weighted by Crippen LogP contribution is 2.14. The normalized spacial score (nSPS) is 12.5. The predicted octanol–water partition coefficient (Wildman–Crippen LogP) is 2.83. The summed E-state index contributed by atoms with van der Waals surface area (Å²) in [7, 11) is -3.43. The molecule has 2 aromatic carbocycles. The Hall–Kier alpha value is -2.47. The van der Waals surface area contributed by atoms with Gasteiger partial charge in [0.2, 0.25) is 5.78 Å². The van der Waals surface area contributed by atoms with E-state index in [0.717, 1.165) is 11.8 Å². The molecule has 0 radical (unpaired) electrons. The zero-order chi connectivity index (χ0) is 17.9. The number of ketones is 1. The summed E-state index contributed by atoms with van der Waals surface area (Å²) >= 11 is 0. The zero-order valence-corrected chi connectivity index (χ0v) is 14.5. The third-order valence-electron chi connectivity index (χ3n) is 3.49. The van der Waals surface area contributed by atoms with Crippen molar-refractivity contribution in [3.63, 3.8) is 0 Å². The first-order valence-electron chi connectivity index (χ1n) is 7.30. The lowest BCUT2D eigenvalue weighted by Gasteiger charge is -2.13. The van der Waals surface area contributed by atoms with Crippen molar-refractivity contribution in [2.45, 2.75) is 24.8 Å². The van der Waals surface area contributed by atoms with E-state index in [0.29, 0.717) is 5.56 Å². The summed E-state index contributed by atoms with van der Waals surface area (Å²) in [6, 6.07) is 12.5. The first-order chi connectivity index (χ1) is 11.2. The Kier molecular flexibility index (Phi) is 5.19. The maximum atomic E-state index is 12.3. The fourth-order valence-electron chi connectivity index (χ4n) is 2.09. The Balaban J connectivity index is 2.14. The smallest absolute Gasteiger partial charge is 0.338 e. The number of ether oxygens (including phenoxy) is 1. The molecule has 0 N–H and O–H groups in total.